The summed E-state index contributed by atoms with van der Waals surface area (Å²) in [5.74, 6) is -1.52. The average Bonchev–Trinajstić information content (AvgIpc) is 3.56. The van der Waals surface area contributed by atoms with E-state index in [1.165, 1.54) is 58.7 Å². The van der Waals surface area contributed by atoms with Gasteiger partial charge in [0, 0.05) is 23.0 Å². The van der Waals surface area contributed by atoms with Crippen LogP contribution in [0.3, 0.4) is 0 Å². The number of thiazole rings is 1. The van der Waals surface area contributed by atoms with Gasteiger partial charge in [-0.15, -0.1) is 40.0 Å². The van der Waals surface area contributed by atoms with E-state index in [4.69, 9.17) is 15.3 Å². The average molecular weight is 578 g/mol. The minimum absolute atomic E-state index is 0.106. The molecular formula is C20H19N9O6S3. The number of β-lactam (4-membered cyclic amide) rings is 1. The molecule has 198 valence electrons. The summed E-state index contributed by atoms with van der Waals surface area (Å²) in [5.41, 5.74) is 6.62. The zero-order chi connectivity index (χ0) is 27.0. The largest absolute Gasteiger partial charge is 0.481 e. The molecule has 3 aromatic heterocycles. The highest BCUT2D eigenvalue weighted by molar-refractivity contribution is 8.01. The van der Waals surface area contributed by atoms with Gasteiger partial charge in [0.15, 0.2) is 16.5 Å². The predicted molar refractivity (Wildman–Crippen MR) is 138 cm³/mol. The lowest BCUT2D eigenvalue weighted by Gasteiger charge is -2.49. The van der Waals surface area contributed by atoms with Gasteiger partial charge in [0.2, 0.25) is 5.88 Å². The molecule has 0 unspecified atom stereocenters. The molecule has 0 radical (unpaired) electrons. The van der Waals surface area contributed by atoms with E-state index in [0.717, 1.165) is 11.3 Å². The fourth-order valence-corrected chi connectivity index (χ4v) is 6.86. The second-order valence-corrected chi connectivity index (χ2v) is 10.7. The Balaban J connectivity index is 1.33. The number of carbonyl (C=O) groups is 3. The van der Waals surface area contributed by atoms with Crippen molar-refractivity contribution in [3.05, 3.63) is 34.6 Å². The number of fused-ring (bicyclic) bond motifs is 2. The minimum atomic E-state index is -1.23. The number of methoxy groups -OCH3 is 1. The lowest BCUT2D eigenvalue weighted by atomic mass is 10.0. The van der Waals surface area contributed by atoms with E-state index in [0.29, 0.717) is 27.9 Å². The van der Waals surface area contributed by atoms with Crippen molar-refractivity contribution >= 4 is 69.1 Å². The molecule has 5 rings (SSSR count). The summed E-state index contributed by atoms with van der Waals surface area (Å²) in [6.07, 6.45) is 1.48. The van der Waals surface area contributed by atoms with Crippen molar-refractivity contribution in [3.63, 3.8) is 0 Å². The second-order valence-electron chi connectivity index (χ2n) is 7.74. The summed E-state index contributed by atoms with van der Waals surface area (Å²) in [5, 5.41) is 26.0. The summed E-state index contributed by atoms with van der Waals surface area (Å²) >= 11 is 3.78. The third kappa shape index (κ3) is 4.61. The van der Waals surface area contributed by atoms with Crippen molar-refractivity contribution in [2.24, 2.45) is 5.16 Å². The highest BCUT2D eigenvalue weighted by Gasteiger charge is 2.54. The van der Waals surface area contributed by atoms with Crippen LogP contribution in [0, 0.1) is 0 Å². The summed E-state index contributed by atoms with van der Waals surface area (Å²) in [6.45, 7) is 0. The SMILES string of the molecule is CO/N=C(\C(=O)N[C@@H]1C(=O)N2C(C(=O)O)=C(CSc3cc(OC)nc4cnnn34)CS[C@H]12)c1csc(N)n1. The molecule has 4 N–H and O–H groups in total. The van der Waals surface area contributed by atoms with Gasteiger partial charge in [0.25, 0.3) is 11.8 Å². The Hall–Kier alpha value is -3.90. The smallest absolute Gasteiger partial charge is 0.352 e. The Morgan fingerprint density at radius 2 is 2.18 bits per heavy atom. The van der Waals surface area contributed by atoms with Crippen LogP contribution in [0.2, 0.25) is 0 Å². The normalized spacial score (nSPS) is 19.3. The monoisotopic (exact) mass is 577 g/mol. The molecule has 0 aliphatic carbocycles. The first kappa shape index (κ1) is 25.7. The Kier molecular flexibility index (Phi) is 7.09. The van der Waals surface area contributed by atoms with Crippen molar-refractivity contribution in [3.8, 4) is 5.88 Å². The van der Waals surface area contributed by atoms with Crippen LogP contribution in [0.5, 0.6) is 5.88 Å². The van der Waals surface area contributed by atoms with Crippen LogP contribution >= 0.6 is 34.9 Å². The van der Waals surface area contributed by atoms with Gasteiger partial charge >= 0.3 is 5.97 Å². The number of hydrogen-bond donors (Lipinski definition) is 3. The summed E-state index contributed by atoms with van der Waals surface area (Å²) in [4.78, 5) is 52.4. The van der Waals surface area contributed by atoms with E-state index in [-0.39, 0.29) is 28.0 Å². The number of carboxylic acid groups (broad SMARTS) is 1. The van der Waals surface area contributed by atoms with Crippen LogP contribution in [0.15, 0.2) is 39.1 Å². The molecular weight excluding hydrogens is 558 g/mol. The first-order valence-electron chi connectivity index (χ1n) is 10.7. The second kappa shape index (κ2) is 10.5. The molecule has 2 amide bonds. The molecule has 38 heavy (non-hydrogen) atoms. The van der Waals surface area contributed by atoms with E-state index < -0.39 is 29.2 Å². The number of rotatable bonds is 9. The fourth-order valence-electron chi connectivity index (χ4n) is 3.84. The van der Waals surface area contributed by atoms with E-state index in [2.05, 4.69) is 30.8 Å². The number of nitrogens with zero attached hydrogens (tertiary/aromatic N) is 7. The van der Waals surface area contributed by atoms with Crippen molar-refractivity contribution < 1.29 is 29.1 Å². The van der Waals surface area contributed by atoms with Crippen molar-refractivity contribution in [2.75, 3.05) is 31.5 Å². The number of nitrogen functional groups attached to an aromatic ring is 1. The lowest BCUT2D eigenvalue weighted by Crippen LogP contribution is -2.71. The van der Waals surface area contributed by atoms with Gasteiger partial charge < -0.3 is 25.7 Å². The van der Waals surface area contributed by atoms with Crippen LogP contribution in [-0.2, 0) is 19.2 Å². The summed E-state index contributed by atoms with van der Waals surface area (Å²) in [6, 6.07) is 0.718. The number of nitrogens with two attached hydrogens (primary N) is 1. The van der Waals surface area contributed by atoms with Gasteiger partial charge in [-0.05, 0) is 5.57 Å². The molecule has 3 aromatic rings. The predicted octanol–water partition coefficient (Wildman–Crippen LogP) is 0.0530. The maximum absolute atomic E-state index is 13.1. The third-order valence-electron chi connectivity index (χ3n) is 5.51. The van der Waals surface area contributed by atoms with Crippen molar-refractivity contribution in [2.45, 2.75) is 16.4 Å². The van der Waals surface area contributed by atoms with E-state index in [9.17, 15) is 19.5 Å². The third-order valence-corrected chi connectivity index (χ3v) is 8.61. The molecule has 2 aliphatic rings. The number of carboxylic acids is 1. The molecule has 18 heteroatoms. The molecule has 15 nitrogen and oxygen atoms in total. The summed E-state index contributed by atoms with van der Waals surface area (Å²) < 4.78 is 6.74. The quantitative estimate of drug-likeness (QED) is 0.101. The van der Waals surface area contributed by atoms with Gasteiger partial charge in [-0.3, -0.25) is 14.5 Å². The molecule has 0 bridgehead atoms. The molecule has 0 saturated carbocycles. The standard InChI is InChI=1S/C20H19N9O6S3/c1-34-11-3-12(29-10(24-11)4-22-27-29)36-5-8-6-37-18-14(17(31)28(18)15(8)19(32)33)25-16(30)13(26-35-2)9-7-38-20(21)23-9/h3-4,7,14,18H,5-6H2,1-2H3,(H2,21,23)(H,25,30)(H,32,33)/b26-13-/t14-,18-/m1/s1. The molecule has 1 fully saturated rings. The Bertz CT molecular complexity index is 1500. The lowest BCUT2D eigenvalue weighted by molar-refractivity contribution is -0.150. The number of amides is 2. The first-order valence-corrected chi connectivity index (χ1v) is 13.7. The van der Waals surface area contributed by atoms with Crippen molar-refractivity contribution in [1.82, 2.24) is 35.0 Å². The van der Waals surface area contributed by atoms with Gasteiger partial charge in [0.05, 0.1) is 13.3 Å². The molecule has 2 atom stereocenters. The maximum Gasteiger partial charge on any atom is 0.352 e. The van der Waals surface area contributed by atoms with E-state index in [1.54, 1.807) is 6.07 Å². The Labute approximate surface area is 226 Å². The molecule has 0 aromatic carbocycles. The molecule has 5 heterocycles. The van der Waals surface area contributed by atoms with Gasteiger partial charge in [-0.1, -0.05) is 10.4 Å². The van der Waals surface area contributed by atoms with Crippen LogP contribution in [0.4, 0.5) is 5.13 Å². The fraction of sp³-hybridized carbons (Fsp3) is 0.300. The highest BCUT2D eigenvalue weighted by atomic mass is 32.2. The number of carbonyl (C=O) groups excluding carboxylic acids is 2. The Morgan fingerprint density at radius 1 is 1.37 bits per heavy atom. The number of nitrogens with one attached hydrogen (secondary N) is 1. The Morgan fingerprint density at radius 3 is 2.87 bits per heavy atom. The maximum atomic E-state index is 13.1. The number of hydrogen-bond acceptors (Lipinski definition) is 14. The molecule has 0 spiro atoms. The van der Waals surface area contributed by atoms with Crippen molar-refractivity contribution in [1.29, 1.82) is 0 Å². The van der Waals surface area contributed by atoms with Gasteiger partial charge in [0.1, 0.15) is 34.9 Å². The van der Waals surface area contributed by atoms with Gasteiger partial charge in [-0.2, -0.15) is 9.50 Å². The topological polar surface area (TPSA) is 200 Å². The highest BCUT2D eigenvalue weighted by Crippen LogP contribution is 2.41. The van der Waals surface area contributed by atoms with Crippen LogP contribution in [0.1, 0.15) is 5.69 Å². The van der Waals surface area contributed by atoms with Crippen LogP contribution < -0.4 is 15.8 Å². The number of anilines is 1. The zero-order valence-corrected chi connectivity index (χ0v) is 22.2. The van der Waals surface area contributed by atoms with Crippen LogP contribution in [0.25, 0.3) is 5.65 Å². The van der Waals surface area contributed by atoms with Gasteiger partial charge in [-0.25, -0.2) is 9.78 Å². The van der Waals surface area contributed by atoms with Crippen LogP contribution in [-0.4, -0.2) is 95.4 Å². The number of aliphatic carboxylic acids is 1. The molecule has 2 aliphatic heterocycles. The number of aromatic nitrogens is 5. The zero-order valence-electron chi connectivity index (χ0n) is 19.7. The first-order chi connectivity index (χ1) is 18.3. The molecule has 1 saturated heterocycles. The summed E-state index contributed by atoms with van der Waals surface area (Å²) in [7, 11) is 2.76. The number of oxime groups is 1. The van der Waals surface area contributed by atoms with E-state index in [1.807, 2.05) is 0 Å². The van der Waals surface area contributed by atoms with E-state index >= 15 is 0 Å². The minimum Gasteiger partial charge on any atom is -0.481 e. The number of ether oxygens (including phenoxy) is 1. The number of thioether (sulfide) groups is 2.